The third-order valence-electron chi connectivity index (χ3n) is 2.56. The number of nitrogens with zero attached hydrogens (tertiary/aromatic N) is 1. The number of hydrogen-bond donors (Lipinski definition) is 2. The molecule has 1 aromatic carbocycles. The van der Waals surface area contributed by atoms with Crippen LogP contribution in [0.1, 0.15) is 25.7 Å². The minimum Gasteiger partial charge on any atom is -0.396 e. The van der Waals surface area contributed by atoms with Crippen LogP contribution in [-0.4, -0.2) is 23.2 Å². The summed E-state index contributed by atoms with van der Waals surface area (Å²) < 4.78 is 0.642. The van der Waals surface area contributed by atoms with E-state index in [9.17, 15) is 10.1 Å². The molecule has 0 aliphatic carbocycles. The van der Waals surface area contributed by atoms with Gasteiger partial charge in [-0.3, -0.25) is 10.1 Å². The number of halogens is 1. The van der Waals surface area contributed by atoms with Gasteiger partial charge < -0.3 is 10.4 Å². The van der Waals surface area contributed by atoms with E-state index in [1.807, 2.05) is 22.6 Å². The number of benzene rings is 1. The van der Waals surface area contributed by atoms with E-state index in [-0.39, 0.29) is 17.2 Å². The van der Waals surface area contributed by atoms with Gasteiger partial charge in [0.25, 0.3) is 5.69 Å². The average molecular weight is 364 g/mol. The molecule has 0 bridgehead atoms. The summed E-state index contributed by atoms with van der Waals surface area (Å²) in [6.07, 6.45) is 4.01. The summed E-state index contributed by atoms with van der Waals surface area (Å²) in [7, 11) is 0. The first-order valence-corrected chi connectivity index (χ1v) is 7.01. The molecule has 0 unspecified atom stereocenters. The molecular weight excluding hydrogens is 347 g/mol. The Morgan fingerprint density at radius 3 is 2.61 bits per heavy atom. The molecule has 0 spiro atoms. The molecule has 5 nitrogen and oxygen atoms in total. The Kier molecular flexibility index (Phi) is 6.96. The van der Waals surface area contributed by atoms with E-state index in [0.717, 1.165) is 37.9 Å². The van der Waals surface area contributed by atoms with Gasteiger partial charge in [-0.25, -0.2) is 0 Å². The van der Waals surface area contributed by atoms with Crippen molar-refractivity contribution in [1.29, 1.82) is 0 Å². The molecule has 100 valence electrons. The Morgan fingerprint density at radius 1 is 1.28 bits per heavy atom. The summed E-state index contributed by atoms with van der Waals surface area (Å²) in [6.45, 7) is 1.10. The first kappa shape index (κ1) is 15.2. The van der Waals surface area contributed by atoms with Crippen molar-refractivity contribution in [1.82, 2.24) is 0 Å². The molecule has 18 heavy (non-hydrogen) atoms. The minimum atomic E-state index is -0.375. The first-order chi connectivity index (χ1) is 8.65. The van der Waals surface area contributed by atoms with Gasteiger partial charge in [0.05, 0.1) is 8.49 Å². The second kappa shape index (κ2) is 8.25. The topological polar surface area (TPSA) is 75.4 Å². The minimum absolute atomic E-state index is 0.143. The number of rotatable bonds is 8. The maximum absolute atomic E-state index is 10.7. The normalized spacial score (nSPS) is 10.3. The number of aliphatic hydroxyl groups excluding tert-OH is 1. The lowest BCUT2D eigenvalue weighted by Crippen LogP contribution is -2.02. The van der Waals surface area contributed by atoms with Crippen LogP contribution in [0, 0.1) is 13.7 Å². The van der Waals surface area contributed by atoms with Crippen molar-refractivity contribution >= 4 is 34.0 Å². The molecule has 6 heteroatoms. The van der Waals surface area contributed by atoms with E-state index in [0.29, 0.717) is 3.57 Å². The van der Waals surface area contributed by atoms with Crippen LogP contribution in [0.15, 0.2) is 18.2 Å². The first-order valence-electron chi connectivity index (χ1n) is 5.94. The molecule has 0 heterocycles. The van der Waals surface area contributed by atoms with Gasteiger partial charge in [-0.2, -0.15) is 0 Å². The summed E-state index contributed by atoms with van der Waals surface area (Å²) >= 11 is 1.97. The Hall–Kier alpha value is -0.890. The molecule has 0 aliphatic heterocycles. The van der Waals surface area contributed by atoms with Crippen LogP contribution in [0.3, 0.4) is 0 Å². The fourth-order valence-corrected chi connectivity index (χ4v) is 2.30. The van der Waals surface area contributed by atoms with Gasteiger partial charge >= 0.3 is 0 Å². The lowest BCUT2D eigenvalue weighted by Gasteiger charge is -2.06. The number of nitro benzene ring substituents is 1. The summed E-state index contributed by atoms with van der Waals surface area (Å²) in [5.41, 5.74) is 1.05. The van der Waals surface area contributed by atoms with Gasteiger partial charge in [0.2, 0.25) is 0 Å². The largest absolute Gasteiger partial charge is 0.396 e. The standard InChI is InChI=1S/C12H17IN2O3/c13-11-9-10(5-6-12(11)15(17)18)14-7-3-1-2-4-8-16/h5-6,9,14,16H,1-4,7-8H2. The molecule has 1 aromatic rings. The van der Waals surface area contributed by atoms with Crippen molar-refractivity contribution in [3.05, 3.63) is 31.9 Å². The quantitative estimate of drug-likeness (QED) is 0.322. The maximum Gasteiger partial charge on any atom is 0.282 e. The van der Waals surface area contributed by atoms with Gasteiger partial charge in [-0.05, 0) is 47.6 Å². The SMILES string of the molecule is O=[N+]([O-])c1ccc(NCCCCCCO)cc1I. The van der Waals surface area contributed by atoms with E-state index in [1.54, 1.807) is 12.1 Å². The van der Waals surface area contributed by atoms with Gasteiger partial charge in [-0.15, -0.1) is 0 Å². The fraction of sp³-hybridized carbons (Fsp3) is 0.500. The van der Waals surface area contributed by atoms with Gasteiger partial charge in [0, 0.05) is 24.9 Å². The third kappa shape index (κ3) is 5.18. The van der Waals surface area contributed by atoms with E-state index in [2.05, 4.69) is 5.32 Å². The van der Waals surface area contributed by atoms with Gasteiger partial charge in [-0.1, -0.05) is 12.8 Å². The van der Waals surface area contributed by atoms with Gasteiger partial charge in [0.1, 0.15) is 0 Å². The van der Waals surface area contributed by atoms with Crippen molar-refractivity contribution in [3.8, 4) is 0 Å². The van der Waals surface area contributed by atoms with Crippen molar-refractivity contribution in [2.45, 2.75) is 25.7 Å². The van der Waals surface area contributed by atoms with Crippen LogP contribution < -0.4 is 5.32 Å². The van der Waals surface area contributed by atoms with Crippen LogP contribution >= 0.6 is 22.6 Å². The highest BCUT2D eigenvalue weighted by atomic mass is 127. The molecule has 1 rings (SSSR count). The number of nitro groups is 1. The van der Waals surface area contributed by atoms with Crippen LogP contribution in [0.2, 0.25) is 0 Å². The number of nitrogens with one attached hydrogen (secondary N) is 1. The van der Waals surface area contributed by atoms with Crippen LogP contribution in [-0.2, 0) is 0 Å². The zero-order valence-electron chi connectivity index (χ0n) is 10.1. The highest BCUT2D eigenvalue weighted by Gasteiger charge is 2.10. The van der Waals surface area contributed by atoms with Crippen molar-refractivity contribution in [2.75, 3.05) is 18.5 Å². The summed E-state index contributed by atoms with van der Waals surface area (Å²) in [5.74, 6) is 0. The van der Waals surface area contributed by atoms with Crippen LogP contribution in [0.5, 0.6) is 0 Å². The summed E-state index contributed by atoms with van der Waals surface area (Å²) in [5, 5.41) is 22.5. The highest BCUT2D eigenvalue weighted by molar-refractivity contribution is 14.1. The molecule has 0 fully saturated rings. The molecule has 0 atom stereocenters. The number of hydrogen-bond acceptors (Lipinski definition) is 4. The Labute approximate surface area is 120 Å². The lowest BCUT2D eigenvalue weighted by atomic mass is 10.2. The smallest absolute Gasteiger partial charge is 0.282 e. The zero-order valence-corrected chi connectivity index (χ0v) is 12.2. The zero-order chi connectivity index (χ0) is 13.4. The second-order valence-electron chi connectivity index (χ2n) is 3.99. The van der Waals surface area contributed by atoms with Crippen LogP contribution in [0.25, 0.3) is 0 Å². The Balaban J connectivity index is 2.35. The molecule has 0 aromatic heterocycles. The second-order valence-corrected chi connectivity index (χ2v) is 5.15. The van der Waals surface area contributed by atoms with E-state index >= 15 is 0 Å². The predicted molar refractivity (Wildman–Crippen MR) is 79.9 cm³/mol. The molecule has 0 saturated carbocycles. The van der Waals surface area contributed by atoms with Gasteiger partial charge in [0.15, 0.2) is 0 Å². The lowest BCUT2D eigenvalue weighted by molar-refractivity contribution is -0.385. The average Bonchev–Trinajstić information content (AvgIpc) is 2.33. The van der Waals surface area contributed by atoms with Crippen LogP contribution in [0.4, 0.5) is 11.4 Å². The highest BCUT2D eigenvalue weighted by Crippen LogP contribution is 2.24. The van der Waals surface area contributed by atoms with Crippen molar-refractivity contribution < 1.29 is 10.0 Å². The molecule has 0 amide bonds. The molecule has 0 radical (unpaired) electrons. The Bertz CT molecular complexity index is 399. The predicted octanol–water partition coefficient (Wildman–Crippen LogP) is 3.16. The number of aliphatic hydroxyl groups is 1. The van der Waals surface area contributed by atoms with Crippen molar-refractivity contribution in [2.24, 2.45) is 0 Å². The fourth-order valence-electron chi connectivity index (χ4n) is 1.59. The monoisotopic (exact) mass is 364 g/mol. The molecule has 0 aliphatic rings. The summed E-state index contributed by atoms with van der Waals surface area (Å²) in [6, 6.07) is 5.04. The number of anilines is 1. The Morgan fingerprint density at radius 2 is 2.00 bits per heavy atom. The summed E-state index contributed by atoms with van der Waals surface area (Å²) in [4.78, 5) is 10.3. The maximum atomic E-state index is 10.7. The molecule has 0 saturated heterocycles. The molecular formula is C12H17IN2O3. The third-order valence-corrected chi connectivity index (χ3v) is 3.42. The van der Waals surface area contributed by atoms with E-state index < -0.39 is 0 Å². The van der Waals surface area contributed by atoms with E-state index in [4.69, 9.17) is 5.11 Å². The number of unbranched alkanes of at least 4 members (excludes halogenated alkanes) is 3. The van der Waals surface area contributed by atoms with E-state index in [1.165, 1.54) is 6.07 Å². The molecule has 2 N–H and O–H groups in total. The van der Waals surface area contributed by atoms with Crippen molar-refractivity contribution in [3.63, 3.8) is 0 Å².